The third-order valence-corrected chi connectivity index (χ3v) is 2.71. The molecule has 0 radical (unpaired) electrons. The van der Waals surface area contributed by atoms with Crippen molar-refractivity contribution in [1.82, 2.24) is 14.7 Å². The molecule has 2 aromatic rings. The van der Waals surface area contributed by atoms with Gasteiger partial charge in [0.1, 0.15) is 5.69 Å². The molecule has 0 aliphatic heterocycles. The number of hydrogen-bond acceptors (Lipinski definition) is 3. The summed E-state index contributed by atoms with van der Waals surface area (Å²) < 4.78 is 7.27. The molecule has 5 nitrogen and oxygen atoms in total. The third kappa shape index (κ3) is 2.45. The number of aromatic nitrogens is 2. The van der Waals surface area contributed by atoms with Crippen molar-refractivity contribution in [1.29, 1.82) is 0 Å². The standard InChI is InChI=1S/C14H17N3O2/c1-4-8-15-14(18)12-10(3)16-13-11(19-5-2)7-6-9-17(12)13/h4,6-7,9H,1,5,8H2,2-3H3,(H,15,18). The fraction of sp³-hybridized carbons (Fsp3) is 0.286. The van der Waals surface area contributed by atoms with Crippen LogP contribution in [0, 0.1) is 6.92 Å². The minimum absolute atomic E-state index is 0.168. The summed E-state index contributed by atoms with van der Waals surface area (Å²) in [6.07, 6.45) is 3.45. The lowest BCUT2D eigenvalue weighted by molar-refractivity contribution is 0.0951. The van der Waals surface area contributed by atoms with Crippen LogP contribution in [0.2, 0.25) is 0 Å². The van der Waals surface area contributed by atoms with Crippen molar-refractivity contribution < 1.29 is 9.53 Å². The lowest BCUT2D eigenvalue weighted by Gasteiger charge is -2.06. The van der Waals surface area contributed by atoms with Gasteiger partial charge in [0.2, 0.25) is 0 Å². The summed E-state index contributed by atoms with van der Waals surface area (Å²) in [7, 11) is 0. The summed E-state index contributed by atoms with van der Waals surface area (Å²) in [5.41, 5.74) is 1.86. The van der Waals surface area contributed by atoms with Crippen LogP contribution in [0.5, 0.6) is 5.75 Å². The Labute approximate surface area is 111 Å². The van der Waals surface area contributed by atoms with Crippen LogP contribution in [-0.2, 0) is 0 Å². The second kappa shape index (κ2) is 5.56. The zero-order chi connectivity index (χ0) is 13.8. The van der Waals surface area contributed by atoms with Crippen LogP contribution in [0.15, 0.2) is 31.0 Å². The van der Waals surface area contributed by atoms with Gasteiger partial charge in [-0.15, -0.1) is 6.58 Å². The summed E-state index contributed by atoms with van der Waals surface area (Å²) in [5.74, 6) is 0.509. The van der Waals surface area contributed by atoms with Gasteiger partial charge in [-0.3, -0.25) is 9.20 Å². The molecule has 0 bridgehead atoms. The molecule has 2 rings (SSSR count). The number of amides is 1. The zero-order valence-electron chi connectivity index (χ0n) is 11.1. The number of fused-ring (bicyclic) bond motifs is 1. The van der Waals surface area contributed by atoms with Gasteiger partial charge in [-0.2, -0.15) is 0 Å². The first-order valence-corrected chi connectivity index (χ1v) is 6.18. The Morgan fingerprint density at radius 3 is 3.11 bits per heavy atom. The summed E-state index contributed by atoms with van der Waals surface area (Å²) >= 11 is 0. The van der Waals surface area contributed by atoms with Crippen LogP contribution in [0.25, 0.3) is 5.65 Å². The van der Waals surface area contributed by atoms with Gasteiger partial charge in [0.05, 0.1) is 12.3 Å². The van der Waals surface area contributed by atoms with E-state index < -0.39 is 0 Å². The number of hydrogen-bond donors (Lipinski definition) is 1. The van der Waals surface area contributed by atoms with Crippen molar-refractivity contribution in [3.8, 4) is 5.75 Å². The van der Waals surface area contributed by atoms with Gasteiger partial charge in [0.15, 0.2) is 11.4 Å². The quantitative estimate of drug-likeness (QED) is 0.835. The lowest BCUT2D eigenvalue weighted by atomic mass is 10.3. The molecule has 0 atom stereocenters. The molecule has 100 valence electrons. The molecule has 0 aliphatic rings. The number of imidazole rings is 1. The summed E-state index contributed by atoms with van der Waals surface area (Å²) in [6, 6.07) is 3.68. The molecule has 0 aromatic carbocycles. The van der Waals surface area contributed by atoms with Gasteiger partial charge in [0.25, 0.3) is 5.91 Å². The van der Waals surface area contributed by atoms with E-state index >= 15 is 0 Å². The van der Waals surface area contributed by atoms with Gasteiger partial charge in [-0.25, -0.2) is 4.98 Å². The first-order chi connectivity index (χ1) is 9.19. The zero-order valence-corrected chi connectivity index (χ0v) is 11.1. The SMILES string of the molecule is C=CCNC(=O)c1c(C)nc2c(OCC)cccn12. The monoisotopic (exact) mass is 259 g/mol. The molecule has 2 aromatic heterocycles. The molecule has 5 heteroatoms. The number of rotatable bonds is 5. The fourth-order valence-electron chi connectivity index (χ4n) is 1.95. The van der Waals surface area contributed by atoms with E-state index in [1.165, 1.54) is 0 Å². The average molecular weight is 259 g/mol. The van der Waals surface area contributed by atoms with Crippen molar-refractivity contribution in [2.24, 2.45) is 0 Å². The second-order valence-electron chi connectivity index (χ2n) is 4.04. The maximum Gasteiger partial charge on any atom is 0.270 e. The van der Waals surface area contributed by atoms with Gasteiger partial charge >= 0.3 is 0 Å². The number of ether oxygens (including phenoxy) is 1. The Hall–Kier alpha value is -2.30. The van der Waals surface area contributed by atoms with E-state index in [1.54, 1.807) is 16.7 Å². The van der Waals surface area contributed by atoms with E-state index in [-0.39, 0.29) is 5.91 Å². The van der Waals surface area contributed by atoms with E-state index in [1.807, 2.05) is 26.0 Å². The van der Waals surface area contributed by atoms with E-state index in [0.717, 1.165) is 0 Å². The third-order valence-electron chi connectivity index (χ3n) is 2.71. The minimum atomic E-state index is -0.168. The molecule has 2 heterocycles. The van der Waals surface area contributed by atoms with Crippen LogP contribution in [-0.4, -0.2) is 28.4 Å². The molecule has 19 heavy (non-hydrogen) atoms. The van der Waals surface area contributed by atoms with Crippen molar-refractivity contribution in [3.05, 3.63) is 42.4 Å². The van der Waals surface area contributed by atoms with Crippen molar-refractivity contribution in [2.45, 2.75) is 13.8 Å². The Bertz CT molecular complexity index is 616. The highest BCUT2D eigenvalue weighted by Crippen LogP contribution is 2.21. The molecule has 0 saturated heterocycles. The molecular weight excluding hydrogens is 242 g/mol. The number of aryl methyl sites for hydroxylation is 1. The van der Waals surface area contributed by atoms with Gasteiger partial charge < -0.3 is 10.1 Å². The van der Waals surface area contributed by atoms with E-state index in [4.69, 9.17) is 4.74 Å². The number of carbonyl (C=O) groups excluding carboxylic acids is 1. The summed E-state index contributed by atoms with van der Waals surface area (Å²) in [6.45, 7) is 8.29. The van der Waals surface area contributed by atoms with E-state index in [0.29, 0.717) is 35.9 Å². The fourth-order valence-corrected chi connectivity index (χ4v) is 1.95. The Morgan fingerprint density at radius 1 is 1.63 bits per heavy atom. The first-order valence-electron chi connectivity index (χ1n) is 6.18. The summed E-state index contributed by atoms with van der Waals surface area (Å²) in [5, 5.41) is 2.76. The largest absolute Gasteiger partial charge is 0.490 e. The Kier molecular flexibility index (Phi) is 3.85. The van der Waals surface area contributed by atoms with Crippen molar-refractivity contribution in [2.75, 3.05) is 13.2 Å². The minimum Gasteiger partial charge on any atom is -0.490 e. The van der Waals surface area contributed by atoms with Gasteiger partial charge in [0, 0.05) is 12.7 Å². The maximum atomic E-state index is 12.1. The number of nitrogens with one attached hydrogen (secondary N) is 1. The normalized spacial score (nSPS) is 10.4. The Morgan fingerprint density at radius 2 is 2.42 bits per heavy atom. The Balaban J connectivity index is 2.50. The van der Waals surface area contributed by atoms with Gasteiger partial charge in [-0.05, 0) is 26.0 Å². The van der Waals surface area contributed by atoms with Crippen LogP contribution in [0.3, 0.4) is 0 Å². The van der Waals surface area contributed by atoms with Crippen LogP contribution in [0.1, 0.15) is 23.1 Å². The molecule has 0 spiro atoms. The van der Waals surface area contributed by atoms with E-state index in [2.05, 4.69) is 16.9 Å². The molecule has 0 fully saturated rings. The highest BCUT2D eigenvalue weighted by molar-refractivity contribution is 5.95. The highest BCUT2D eigenvalue weighted by Gasteiger charge is 2.17. The predicted octanol–water partition coefficient (Wildman–Crippen LogP) is 1.96. The number of pyridine rings is 1. The molecule has 1 N–H and O–H groups in total. The second-order valence-corrected chi connectivity index (χ2v) is 4.04. The molecule has 0 unspecified atom stereocenters. The first kappa shape index (κ1) is 13.1. The smallest absolute Gasteiger partial charge is 0.270 e. The maximum absolute atomic E-state index is 12.1. The summed E-state index contributed by atoms with van der Waals surface area (Å²) in [4.78, 5) is 16.5. The van der Waals surface area contributed by atoms with Crippen molar-refractivity contribution in [3.63, 3.8) is 0 Å². The van der Waals surface area contributed by atoms with Crippen LogP contribution in [0.4, 0.5) is 0 Å². The van der Waals surface area contributed by atoms with E-state index in [9.17, 15) is 4.79 Å². The molecule has 0 aliphatic carbocycles. The number of carbonyl (C=O) groups is 1. The highest BCUT2D eigenvalue weighted by atomic mass is 16.5. The topological polar surface area (TPSA) is 55.6 Å². The molecular formula is C14H17N3O2. The molecule has 0 saturated carbocycles. The molecule has 1 amide bonds. The lowest BCUT2D eigenvalue weighted by Crippen LogP contribution is -2.25. The van der Waals surface area contributed by atoms with Crippen LogP contribution >= 0.6 is 0 Å². The predicted molar refractivity (Wildman–Crippen MR) is 73.6 cm³/mol. The average Bonchev–Trinajstić information content (AvgIpc) is 2.73. The number of nitrogens with zero attached hydrogens (tertiary/aromatic N) is 2. The van der Waals surface area contributed by atoms with Gasteiger partial charge in [-0.1, -0.05) is 6.08 Å². The van der Waals surface area contributed by atoms with Crippen LogP contribution < -0.4 is 10.1 Å². The van der Waals surface area contributed by atoms with Crippen molar-refractivity contribution >= 4 is 11.6 Å².